The van der Waals surface area contributed by atoms with Crippen molar-refractivity contribution in [1.29, 1.82) is 5.26 Å². The Hall–Kier alpha value is -2.33. The first-order valence-corrected chi connectivity index (χ1v) is 6.57. The van der Waals surface area contributed by atoms with Gasteiger partial charge in [-0.05, 0) is 40.5 Å². The summed E-state index contributed by atoms with van der Waals surface area (Å²) in [5, 5.41) is 11.7. The number of methoxy groups -OCH3 is 2. The summed E-state index contributed by atoms with van der Waals surface area (Å²) in [4.78, 5) is 23.0. The fourth-order valence-electron chi connectivity index (χ4n) is 1.53. The molecule has 0 aliphatic rings. The van der Waals surface area contributed by atoms with Gasteiger partial charge < -0.3 is 14.8 Å². The second kappa shape index (κ2) is 7.45. The lowest BCUT2D eigenvalue weighted by atomic mass is 10.1. The van der Waals surface area contributed by atoms with Crippen molar-refractivity contribution >= 4 is 33.6 Å². The van der Waals surface area contributed by atoms with Crippen molar-refractivity contribution in [3.05, 3.63) is 39.5 Å². The summed E-state index contributed by atoms with van der Waals surface area (Å²) in [6.45, 7) is 1.76. The molecule has 0 aliphatic heterocycles. The number of aryl methyl sites for hydroxylation is 1. The van der Waals surface area contributed by atoms with E-state index in [9.17, 15) is 9.59 Å². The van der Waals surface area contributed by atoms with Crippen LogP contribution in [0.15, 0.2) is 28.4 Å². The van der Waals surface area contributed by atoms with Gasteiger partial charge in [0.25, 0.3) is 0 Å². The molecule has 0 atom stereocenters. The molecule has 0 aliphatic carbocycles. The second-order valence-corrected chi connectivity index (χ2v) is 4.81. The molecule has 1 aromatic rings. The number of hydrogen-bond donors (Lipinski definition) is 1. The van der Waals surface area contributed by atoms with Gasteiger partial charge in [-0.2, -0.15) is 5.26 Å². The molecule has 21 heavy (non-hydrogen) atoms. The summed E-state index contributed by atoms with van der Waals surface area (Å²) in [5.41, 5.74) is 1.68. The zero-order valence-corrected chi connectivity index (χ0v) is 13.3. The van der Waals surface area contributed by atoms with Gasteiger partial charge in [0.1, 0.15) is 5.70 Å². The van der Waals surface area contributed by atoms with Crippen LogP contribution in [0.3, 0.4) is 0 Å². The number of carbonyl (C=O) groups is 2. The third-order valence-corrected chi connectivity index (χ3v) is 3.17. The minimum Gasteiger partial charge on any atom is -0.466 e. The van der Waals surface area contributed by atoms with Crippen LogP contribution in [0.2, 0.25) is 0 Å². The number of carbonyl (C=O) groups excluding carboxylic acids is 2. The lowest BCUT2D eigenvalue weighted by molar-refractivity contribution is -0.138. The zero-order chi connectivity index (χ0) is 16.0. The van der Waals surface area contributed by atoms with Gasteiger partial charge in [0.15, 0.2) is 0 Å². The highest BCUT2D eigenvalue weighted by atomic mass is 79.9. The number of esters is 2. The van der Waals surface area contributed by atoms with E-state index in [1.165, 1.54) is 14.2 Å². The maximum absolute atomic E-state index is 11.7. The van der Waals surface area contributed by atoms with Gasteiger partial charge in [-0.3, -0.25) is 0 Å². The van der Waals surface area contributed by atoms with E-state index in [4.69, 9.17) is 5.26 Å². The number of halogens is 1. The summed E-state index contributed by atoms with van der Waals surface area (Å²) >= 11 is 3.31. The van der Waals surface area contributed by atoms with Crippen LogP contribution in [0.5, 0.6) is 0 Å². The average molecular weight is 353 g/mol. The first kappa shape index (κ1) is 16.7. The van der Waals surface area contributed by atoms with Crippen LogP contribution in [0.1, 0.15) is 11.1 Å². The van der Waals surface area contributed by atoms with Gasteiger partial charge in [0.2, 0.25) is 0 Å². The second-order valence-electron chi connectivity index (χ2n) is 3.96. The molecule has 7 heteroatoms. The maximum atomic E-state index is 11.7. The van der Waals surface area contributed by atoms with Crippen molar-refractivity contribution < 1.29 is 19.1 Å². The molecule has 0 unspecified atom stereocenters. The number of nitrogens with one attached hydrogen (secondary N) is 1. The van der Waals surface area contributed by atoms with Crippen molar-refractivity contribution in [3.63, 3.8) is 0 Å². The average Bonchev–Trinajstić information content (AvgIpc) is 2.48. The van der Waals surface area contributed by atoms with E-state index in [0.717, 1.165) is 11.6 Å². The fourth-order valence-corrected chi connectivity index (χ4v) is 2.19. The van der Waals surface area contributed by atoms with Crippen molar-refractivity contribution in [1.82, 2.24) is 0 Å². The highest BCUT2D eigenvalue weighted by molar-refractivity contribution is 9.10. The van der Waals surface area contributed by atoms with E-state index in [1.807, 2.05) is 6.07 Å². The Morgan fingerprint density at radius 3 is 2.48 bits per heavy atom. The molecule has 0 aromatic heterocycles. The number of benzene rings is 1. The van der Waals surface area contributed by atoms with Crippen molar-refractivity contribution in [2.45, 2.75) is 6.92 Å². The first-order valence-electron chi connectivity index (χ1n) is 5.78. The minimum atomic E-state index is -0.712. The van der Waals surface area contributed by atoms with Crippen molar-refractivity contribution in [3.8, 4) is 6.07 Å². The van der Waals surface area contributed by atoms with Gasteiger partial charge in [0, 0.05) is 4.47 Å². The molecular weight excluding hydrogens is 340 g/mol. The molecule has 0 spiro atoms. The molecule has 0 saturated heterocycles. The Balaban J connectivity index is 3.22. The van der Waals surface area contributed by atoms with Crippen LogP contribution in [0.25, 0.3) is 0 Å². The minimum absolute atomic E-state index is 0.0714. The highest BCUT2D eigenvalue weighted by Gasteiger charge is 2.16. The summed E-state index contributed by atoms with van der Waals surface area (Å²) in [6, 6.07) is 5.28. The van der Waals surface area contributed by atoms with E-state index in [0.29, 0.717) is 15.7 Å². The summed E-state index contributed by atoms with van der Waals surface area (Å²) in [6.07, 6.45) is 0.996. The smallest absolute Gasteiger partial charge is 0.354 e. The Bertz CT molecular complexity index is 624. The maximum Gasteiger partial charge on any atom is 0.354 e. The van der Waals surface area contributed by atoms with E-state index in [-0.39, 0.29) is 5.70 Å². The number of ether oxygens (including phenoxy) is 2. The van der Waals surface area contributed by atoms with Crippen molar-refractivity contribution in [2.24, 2.45) is 0 Å². The lowest BCUT2D eigenvalue weighted by Gasteiger charge is -2.13. The third-order valence-electron chi connectivity index (χ3n) is 2.54. The van der Waals surface area contributed by atoms with Gasteiger partial charge in [-0.15, -0.1) is 0 Å². The van der Waals surface area contributed by atoms with Crippen LogP contribution in [0, 0.1) is 18.3 Å². The van der Waals surface area contributed by atoms with Gasteiger partial charge in [0.05, 0.1) is 37.6 Å². The van der Waals surface area contributed by atoms with E-state index in [1.54, 1.807) is 19.1 Å². The molecule has 6 nitrogen and oxygen atoms in total. The Labute approximate surface area is 130 Å². The zero-order valence-electron chi connectivity index (χ0n) is 11.7. The topological polar surface area (TPSA) is 88.4 Å². The van der Waals surface area contributed by atoms with Gasteiger partial charge in [-0.1, -0.05) is 0 Å². The van der Waals surface area contributed by atoms with E-state index < -0.39 is 11.9 Å². The number of nitrogens with zero attached hydrogens (tertiary/aromatic N) is 1. The largest absolute Gasteiger partial charge is 0.466 e. The monoisotopic (exact) mass is 352 g/mol. The van der Waals surface area contributed by atoms with Crippen LogP contribution < -0.4 is 5.32 Å². The van der Waals surface area contributed by atoms with Crippen LogP contribution in [-0.4, -0.2) is 26.2 Å². The Kier molecular flexibility index (Phi) is 5.93. The fraction of sp³-hybridized carbons (Fsp3) is 0.214. The quantitative estimate of drug-likeness (QED) is 0.660. The summed E-state index contributed by atoms with van der Waals surface area (Å²) < 4.78 is 9.68. The van der Waals surface area contributed by atoms with Crippen molar-refractivity contribution in [2.75, 3.05) is 19.5 Å². The Morgan fingerprint density at radius 2 is 2.00 bits per heavy atom. The summed E-state index contributed by atoms with van der Waals surface area (Å²) in [5.74, 6) is -1.40. The molecule has 0 bridgehead atoms. The SMILES string of the molecule is COC(=O)/C=C(/Nc1c(C)cc(C#N)cc1Br)C(=O)OC. The summed E-state index contributed by atoms with van der Waals surface area (Å²) in [7, 11) is 2.41. The third kappa shape index (κ3) is 4.33. The molecule has 0 heterocycles. The molecule has 0 saturated carbocycles. The van der Waals surface area contributed by atoms with Crippen LogP contribution in [-0.2, 0) is 19.1 Å². The van der Waals surface area contributed by atoms with Crippen LogP contribution >= 0.6 is 15.9 Å². The molecule has 0 amide bonds. The molecule has 0 radical (unpaired) electrons. The van der Waals surface area contributed by atoms with E-state index >= 15 is 0 Å². The predicted octanol–water partition coefficient (Wildman–Crippen LogP) is 2.27. The standard InChI is InChI=1S/C14H13BrN2O4/c1-8-4-9(7-16)5-10(15)13(8)17-11(14(19)21-3)6-12(18)20-2/h4-6,17H,1-3H3/b11-6+. The number of nitriles is 1. The molecule has 110 valence electrons. The first-order chi connectivity index (χ1) is 9.92. The molecule has 1 N–H and O–H groups in total. The molecule has 1 aromatic carbocycles. The van der Waals surface area contributed by atoms with Gasteiger partial charge in [-0.25, -0.2) is 9.59 Å². The molecule has 1 rings (SSSR count). The number of hydrogen-bond acceptors (Lipinski definition) is 6. The molecule has 0 fully saturated rings. The van der Waals surface area contributed by atoms with Crippen LogP contribution in [0.4, 0.5) is 5.69 Å². The van der Waals surface area contributed by atoms with Gasteiger partial charge >= 0.3 is 11.9 Å². The number of rotatable bonds is 4. The highest BCUT2D eigenvalue weighted by Crippen LogP contribution is 2.29. The Morgan fingerprint density at radius 1 is 1.33 bits per heavy atom. The lowest BCUT2D eigenvalue weighted by Crippen LogP contribution is -2.16. The predicted molar refractivity (Wildman–Crippen MR) is 79.3 cm³/mol. The molecular formula is C14H13BrN2O4. The van der Waals surface area contributed by atoms with E-state index in [2.05, 4.69) is 30.7 Å². The normalized spacial score (nSPS) is 10.5. The number of anilines is 1.